The summed E-state index contributed by atoms with van der Waals surface area (Å²) >= 11 is 0. The Labute approximate surface area is 100 Å². The molecule has 1 aromatic rings. The van der Waals surface area contributed by atoms with Gasteiger partial charge in [0.05, 0.1) is 33.0 Å². The average molecular weight is 242 g/mol. The van der Waals surface area contributed by atoms with Crippen molar-refractivity contribution in [1.29, 1.82) is 0 Å². The molecule has 0 bridgehead atoms. The molecular weight excluding hydrogens is 224 g/mol. The molecule has 1 aromatic carbocycles. The van der Waals surface area contributed by atoms with E-state index in [4.69, 9.17) is 24.8 Å². The molecule has 17 heavy (non-hydrogen) atoms. The van der Waals surface area contributed by atoms with Crippen LogP contribution in [0, 0.1) is 0 Å². The van der Waals surface area contributed by atoms with Gasteiger partial charge in [-0.25, -0.2) is 0 Å². The largest absolute Gasteiger partial charge is 0.491 e. The molecule has 1 rings (SSSR count). The van der Waals surface area contributed by atoms with Crippen molar-refractivity contribution in [3.63, 3.8) is 0 Å². The lowest BCUT2D eigenvalue weighted by Crippen LogP contribution is -2.09. The van der Waals surface area contributed by atoms with Gasteiger partial charge >= 0.3 is 0 Å². The zero-order valence-electron chi connectivity index (χ0n) is 9.63. The molecule has 0 saturated heterocycles. The second kappa shape index (κ2) is 8.03. The Morgan fingerprint density at radius 1 is 0.824 bits per heavy atom. The fraction of sp³-hybridized carbons (Fsp3) is 0.500. The summed E-state index contributed by atoms with van der Waals surface area (Å²) in [5, 5.41) is 26.6. The van der Waals surface area contributed by atoms with E-state index in [0.717, 1.165) is 0 Å². The molecule has 0 heterocycles. The first-order chi connectivity index (χ1) is 8.30. The van der Waals surface area contributed by atoms with E-state index in [1.165, 1.54) is 0 Å². The van der Waals surface area contributed by atoms with Crippen LogP contribution >= 0.6 is 0 Å². The van der Waals surface area contributed by atoms with Crippen molar-refractivity contribution in [3.8, 4) is 5.75 Å². The molecule has 0 radical (unpaired) electrons. The topological polar surface area (TPSA) is 79.2 Å². The Morgan fingerprint density at radius 2 is 1.47 bits per heavy atom. The lowest BCUT2D eigenvalue weighted by molar-refractivity contribution is 0.0704. The van der Waals surface area contributed by atoms with E-state index in [-0.39, 0.29) is 19.8 Å². The summed E-state index contributed by atoms with van der Waals surface area (Å²) in [6, 6.07) is 5.14. The van der Waals surface area contributed by atoms with Crippen LogP contribution in [0.1, 0.15) is 11.1 Å². The molecule has 0 fully saturated rings. The standard InChI is InChI=1S/C12H18O5/c13-1-2-16-3-4-17-12-6-10(8-14)5-11(7-12)9-15/h5-7,13-15H,1-4,8-9H2. The van der Waals surface area contributed by atoms with Gasteiger partial charge in [0.1, 0.15) is 12.4 Å². The summed E-state index contributed by atoms with van der Waals surface area (Å²) < 4.78 is 10.5. The van der Waals surface area contributed by atoms with E-state index < -0.39 is 0 Å². The van der Waals surface area contributed by atoms with Gasteiger partial charge in [-0.05, 0) is 23.3 Å². The van der Waals surface area contributed by atoms with Gasteiger partial charge < -0.3 is 24.8 Å². The molecule has 96 valence electrons. The van der Waals surface area contributed by atoms with Crippen molar-refractivity contribution in [2.24, 2.45) is 0 Å². The van der Waals surface area contributed by atoms with E-state index >= 15 is 0 Å². The molecule has 3 N–H and O–H groups in total. The first kappa shape index (κ1) is 13.9. The van der Waals surface area contributed by atoms with Crippen LogP contribution in [-0.2, 0) is 18.0 Å². The fourth-order valence-electron chi connectivity index (χ4n) is 1.38. The van der Waals surface area contributed by atoms with E-state index in [1.54, 1.807) is 18.2 Å². The minimum Gasteiger partial charge on any atom is -0.491 e. The highest BCUT2D eigenvalue weighted by Gasteiger charge is 2.01. The lowest BCUT2D eigenvalue weighted by atomic mass is 10.1. The second-order valence-electron chi connectivity index (χ2n) is 3.49. The minimum absolute atomic E-state index is 0.00530. The molecule has 0 amide bonds. The molecule has 0 saturated carbocycles. The summed E-state index contributed by atoms with van der Waals surface area (Å²) in [5.41, 5.74) is 1.39. The molecule has 5 heteroatoms. The molecule has 0 unspecified atom stereocenters. The van der Waals surface area contributed by atoms with Crippen LogP contribution in [0.3, 0.4) is 0 Å². The monoisotopic (exact) mass is 242 g/mol. The quantitative estimate of drug-likeness (QED) is 0.562. The zero-order valence-corrected chi connectivity index (χ0v) is 9.63. The van der Waals surface area contributed by atoms with Gasteiger partial charge in [0.15, 0.2) is 0 Å². The molecule has 0 aliphatic carbocycles. The van der Waals surface area contributed by atoms with Gasteiger partial charge in [-0.1, -0.05) is 6.07 Å². The summed E-state index contributed by atoms with van der Waals surface area (Å²) in [6.45, 7) is 0.852. The van der Waals surface area contributed by atoms with Crippen molar-refractivity contribution in [1.82, 2.24) is 0 Å². The summed E-state index contributed by atoms with van der Waals surface area (Å²) in [4.78, 5) is 0. The summed E-state index contributed by atoms with van der Waals surface area (Å²) in [6.07, 6.45) is 0. The smallest absolute Gasteiger partial charge is 0.120 e. The minimum atomic E-state index is -0.0921. The Bertz CT molecular complexity index is 304. The molecule has 5 nitrogen and oxygen atoms in total. The van der Waals surface area contributed by atoms with Crippen LogP contribution in [0.4, 0.5) is 0 Å². The van der Waals surface area contributed by atoms with Crippen molar-refractivity contribution < 1.29 is 24.8 Å². The predicted octanol–water partition coefficient (Wildman–Crippen LogP) is 0.0589. The SMILES string of the molecule is OCCOCCOc1cc(CO)cc(CO)c1. The maximum absolute atomic E-state index is 9.03. The van der Waals surface area contributed by atoms with E-state index in [2.05, 4.69) is 0 Å². The Morgan fingerprint density at radius 3 is 2.00 bits per heavy atom. The van der Waals surface area contributed by atoms with Gasteiger partial charge in [0.2, 0.25) is 0 Å². The second-order valence-corrected chi connectivity index (χ2v) is 3.49. The summed E-state index contributed by atoms with van der Waals surface area (Å²) in [7, 11) is 0. The average Bonchev–Trinajstić information content (AvgIpc) is 2.38. The van der Waals surface area contributed by atoms with Crippen molar-refractivity contribution >= 4 is 0 Å². The number of rotatable bonds is 8. The van der Waals surface area contributed by atoms with Crippen molar-refractivity contribution in [3.05, 3.63) is 29.3 Å². The zero-order chi connectivity index (χ0) is 12.5. The van der Waals surface area contributed by atoms with Crippen LogP contribution in [0.15, 0.2) is 18.2 Å². The molecule has 0 aromatic heterocycles. The van der Waals surface area contributed by atoms with E-state index in [9.17, 15) is 0 Å². The third kappa shape index (κ3) is 5.14. The molecule has 0 spiro atoms. The van der Waals surface area contributed by atoms with Gasteiger partial charge in [-0.15, -0.1) is 0 Å². The van der Waals surface area contributed by atoms with Gasteiger partial charge in [0, 0.05) is 0 Å². The summed E-state index contributed by atoms with van der Waals surface area (Å²) in [5.74, 6) is 0.591. The number of hydrogen-bond donors (Lipinski definition) is 3. The van der Waals surface area contributed by atoms with Crippen molar-refractivity contribution in [2.75, 3.05) is 26.4 Å². The third-order valence-electron chi connectivity index (χ3n) is 2.12. The van der Waals surface area contributed by atoms with Gasteiger partial charge in [-0.3, -0.25) is 0 Å². The third-order valence-corrected chi connectivity index (χ3v) is 2.12. The molecular formula is C12H18O5. The maximum atomic E-state index is 9.03. The van der Waals surface area contributed by atoms with E-state index in [0.29, 0.717) is 36.7 Å². The molecule has 0 atom stereocenters. The first-order valence-electron chi connectivity index (χ1n) is 5.46. The highest BCUT2D eigenvalue weighted by atomic mass is 16.5. The van der Waals surface area contributed by atoms with Crippen LogP contribution < -0.4 is 4.74 Å². The first-order valence-corrected chi connectivity index (χ1v) is 5.46. The predicted molar refractivity (Wildman–Crippen MR) is 61.7 cm³/mol. The fourth-order valence-corrected chi connectivity index (χ4v) is 1.38. The number of benzene rings is 1. The highest BCUT2D eigenvalue weighted by molar-refractivity contribution is 5.33. The van der Waals surface area contributed by atoms with Gasteiger partial charge in [0.25, 0.3) is 0 Å². The van der Waals surface area contributed by atoms with Crippen LogP contribution in [0.2, 0.25) is 0 Å². The maximum Gasteiger partial charge on any atom is 0.120 e. The normalized spacial score (nSPS) is 10.5. The Balaban J connectivity index is 2.46. The van der Waals surface area contributed by atoms with Gasteiger partial charge in [-0.2, -0.15) is 0 Å². The number of ether oxygens (including phenoxy) is 2. The number of hydrogen-bond acceptors (Lipinski definition) is 5. The lowest BCUT2D eigenvalue weighted by Gasteiger charge is -2.09. The molecule has 0 aliphatic rings. The van der Waals surface area contributed by atoms with E-state index in [1.807, 2.05) is 0 Å². The molecule has 0 aliphatic heterocycles. The number of aliphatic hydroxyl groups is 3. The Hall–Kier alpha value is -1.14. The Kier molecular flexibility index (Phi) is 6.57. The highest BCUT2D eigenvalue weighted by Crippen LogP contribution is 2.17. The van der Waals surface area contributed by atoms with Crippen LogP contribution in [0.25, 0.3) is 0 Å². The van der Waals surface area contributed by atoms with Crippen molar-refractivity contribution in [2.45, 2.75) is 13.2 Å². The van der Waals surface area contributed by atoms with Crippen LogP contribution in [-0.4, -0.2) is 41.7 Å². The van der Waals surface area contributed by atoms with Crippen LogP contribution in [0.5, 0.6) is 5.75 Å². The number of aliphatic hydroxyl groups excluding tert-OH is 3.